The Balaban J connectivity index is 1.61. The summed E-state index contributed by atoms with van der Waals surface area (Å²) in [6.45, 7) is 15.6. The zero-order valence-corrected chi connectivity index (χ0v) is 32.6. The van der Waals surface area contributed by atoms with Crippen molar-refractivity contribution >= 4 is 29.8 Å². The smallest absolute Gasteiger partial charge is 0.338 e. The van der Waals surface area contributed by atoms with Gasteiger partial charge in [-0.1, -0.05) is 69.0 Å². The molecular formula is C42H48O14. The summed E-state index contributed by atoms with van der Waals surface area (Å²) < 4.78 is 52.3. The van der Waals surface area contributed by atoms with Crippen LogP contribution >= 0.6 is 0 Å². The molecule has 300 valence electrons. The average molecular weight is 777 g/mol. The minimum Gasteiger partial charge on any atom is -0.459 e. The Bertz CT molecular complexity index is 1950. The van der Waals surface area contributed by atoms with Gasteiger partial charge in [-0.05, 0) is 43.9 Å². The average Bonchev–Trinajstić information content (AvgIpc) is 3.36. The summed E-state index contributed by atoms with van der Waals surface area (Å²) in [6.07, 6.45) is -7.23. The van der Waals surface area contributed by atoms with Crippen LogP contribution in [0.4, 0.5) is 0 Å². The van der Waals surface area contributed by atoms with Crippen molar-refractivity contribution in [1.82, 2.24) is 0 Å². The minimum absolute atomic E-state index is 0.0919. The highest BCUT2D eigenvalue weighted by Gasteiger charge is 2.88. The van der Waals surface area contributed by atoms with Crippen LogP contribution in [0.15, 0.2) is 72.8 Å². The van der Waals surface area contributed by atoms with Crippen molar-refractivity contribution in [2.75, 3.05) is 0 Å². The molecule has 3 heterocycles. The number of hydrogen-bond donors (Lipinski definition) is 1. The highest BCUT2D eigenvalue weighted by atomic mass is 16.9. The summed E-state index contributed by atoms with van der Waals surface area (Å²) in [5, 5.41) is 13.8. The van der Waals surface area contributed by atoms with Gasteiger partial charge in [0.2, 0.25) is 0 Å². The van der Waals surface area contributed by atoms with E-state index < -0.39 is 112 Å². The SMILES string of the molecule is C=C(C)[C@@]1(OC(C)=O)[C@@H]2O[C@]3(c4ccccc4)O[C@H]1[C@@H](C)[C@@]1(O3)[C@H]2[C@H](OC(C)=O)[C@@](C)(OC(=O)c2ccccc2)[C@@H](OC(C)=O)[C@@]2(O)[C@H]1C[C@H](C)[C@@H]2OC(C)=O. The van der Waals surface area contributed by atoms with Crippen molar-refractivity contribution in [1.29, 1.82) is 0 Å². The van der Waals surface area contributed by atoms with Gasteiger partial charge in [-0.3, -0.25) is 19.2 Å². The van der Waals surface area contributed by atoms with Gasteiger partial charge >= 0.3 is 35.8 Å². The molecule has 14 atom stereocenters. The molecule has 4 bridgehead atoms. The summed E-state index contributed by atoms with van der Waals surface area (Å²) in [7, 11) is 0. The number of carbonyl (C=O) groups excluding carboxylic acids is 5. The van der Waals surface area contributed by atoms with E-state index in [1.54, 1.807) is 69.3 Å². The number of aliphatic hydroxyl groups is 1. The highest BCUT2D eigenvalue weighted by Crippen LogP contribution is 2.72. The first-order chi connectivity index (χ1) is 26.3. The molecule has 3 saturated heterocycles. The molecule has 14 nitrogen and oxygen atoms in total. The predicted octanol–water partition coefficient (Wildman–Crippen LogP) is 4.31. The van der Waals surface area contributed by atoms with Gasteiger partial charge in [0.15, 0.2) is 23.4 Å². The van der Waals surface area contributed by atoms with Gasteiger partial charge in [-0.2, -0.15) is 0 Å². The molecular weight excluding hydrogens is 728 g/mol. The summed E-state index contributed by atoms with van der Waals surface area (Å²) in [5.74, 6) is -9.97. The summed E-state index contributed by atoms with van der Waals surface area (Å²) in [4.78, 5) is 67.2. The maximum absolute atomic E-state index is 14.3. The molecule has 3 aliphatic heterocycles. The molecule has 2 aromatic carbocycles. The second kappa shape index (κ2) is 13.5. The van der Waals surface area contributed by atoms with E-state index in [1.165, 1.54) is 32.9 Å². The van der Waals surface area contributed by atoms with Crippen LogP contribution < -0.4 is 0 Å². The maximum atomic E-state index is 14.3. The maximum Gasteiger partial charge on any atom is 0.338 e. The molecule has 6 aliphatic rings. The lowest BCUT2D eigenvalue weighted by Gasteiger charge is -2.73. The predicted molar refractivity (Wildman–Crippen MR) is 193 cm³/mol. The van der Waals surface area contributed by atoms with Crippen molar-refractivity contribution in [2.45, 2.75) is 121 Å². The topological polar surface area (TPSA) is 179 Å². The van der Waals surface area contributed by atoms with Crippen LogP contribution in [-0.2, 0) is 63.0 Å². The molecule has 3 saturated carbocycles. The van der Waals surface area contributed by atoms with Crippen LogP contribution in [0, 0.1) is 23.7 Å². The normalized spacial score (nSPS) is 41.6. The number of benzene rings is 2. The Hall–Kier alpha value is -4.63. The molecule has 2 aromatic rings. The zero-order valence-electron chi connectivity index (χ0n) is 32.6. The van der Waals surface area contributed by atoms with Gasteiger partial charge in [0, 0.05) is 45.1 Å². The molecule has 0 aromatic heterocycles. The summed E-state index contributed by atoms with van der Waals surface area (Å²) >= 11 is 0. The van der Waals surface area contributed by atoms with Crippen molar-refractivity contribution in [3.05, 3.63) is 83.9 Å². The highest BCUT2D eigenvalue weighted by molar-refractivity contribution is 5.89. The third kappa shape index (κ3) is 5.47. The number of hydrogen-bond acceptors (Lipinski definition) is 14. The fourth-order valence-corrected chi connectivity index (χ4v) is 10.8. The minimum atomic E-state index is -2.40. The van der Waals surface area contributed by atoms with Crippen LogP contribution in [0.1, 0.15) is 77.7 Å². The summed E-state index contributed by atoms with van der Waals surface area (Å²) in [6, 6.07) is 16.7. The fraction of sp³-hybridized carbons (Fsp3) is 0.548. The molecule has 3 aliphatic carbocycles. The van der Waals surface area contributed by atoms with Gasteiger partial charge in [0.25, 0.3) is 0 Å². The zero-order chi connectivity index (χ0) is 40.7. The van der Waals surface area contributed by atoms with E-state index in [9.17, 15) is 29.1 Å². The first-order valence-corrected chi connectivity index (χ1v) is 18.8. The van der Waals surface area contributed by atoms with Crippen molar-refractivity contribution in [3.8, 4) is 0 Å². The standard InChI is InChI=1S/C42H48O14/c1-21(2)40(52-27(8)46)33-23(4)41-30-20-22(3)32(49-24(5)43)39(30,48)37(51-26(7)45)38(9,55-36(47)28-16-12-10-13-17-28)34(50-25(6)44)31(41)35(40)54-42(53-33,56-41)29-18-14-11-15-19-29/h10-19,22-23,30-35,37,48H,1,20H2,2-9H3/t22-,23+,30+,31-,32-,33-,34-,35+,37+,38+,39+,40-,41-,42-/m0/s1. The molecule has 8 rings (SSSR count). The van der Waals surface area contributed by atoms with E-state index in [2.05, 4.69) is 6.58 Å². The lowest BCUT2D eigenvalue weighted by Crippen LogP contribution is -2.87. The van der Waals surface area contributed by atoms with E-state index in [0.29, 0.717) is 11.1 Å². The number of fused-ring (bicyclic) bond motifs is 1. The Morgan fingerprint density at radius 1 is 0.750 bits per heavy atom. The Morgan fingerprint density at radius 2 is 1.30 bits per heavy atom. The number of ether oxygens (including phenoxy) is 8. The molecule has 0 radical (unpaired) electrons. The Morgan fingerprint density at radius 3 is 1.86 bits per heavy atom. The van der Waals surface area contributed by atoms with Crippen LogP contribution in [-0.4, -0.2) is 87.9 Å². The van der Waals surface area contributed by atoms with E-state index in [-0.39, 0.29) is 12.0 Å². The molecule has 14 heteroatoms. The van der Waals surface area contributed by atoms with Gasteiger partial charge in [-0.25, -0.2) is 4.79 Å². The Labute approximate surface area is 324 Å². The van der Waals surface area contributed by atoms with E-state index in [4.69, 9.17) is 37.9 Å². The Kier molecular flexibility index (Phi) is 9.54. The molecule has 1 N–H and O–H groups in total. The van der Waals surface area contributed by atoms with Crippen molar-refractivity contribution < 1.29 is 67.0 Å². The number of esters is 5. The molecule has 1 spiro atoms. The van der Waals surface area contributed by atoms with Crippen molar-refractivity contribution in [3.63, 3.8) is 0 Å². The van der Waals surface area contributed by atoms with Crippen LogP contribution in [0.2, 0.25) is 0 Å². The molecule has 0 unspecified atom stereocenters. The van der Waals surface area contributed by atoms with E-state index in [1.807, 2.05) is 0 Å². The van der Waals surface area contributed by atoms with E-state index in [0.717, 1.165) is 13.8 Å². The largest absolute Gasteiger partial charge is 0.459 e. The third-order valence-corrected chi connectivity index (χ3v) is 12.5. The first-order valence-electron chi connectivity index (χ1n) is 18.8. The van der Waals surface area contributed by atoms with Crippen LogP contribution in [0.3, 0.4) is 0 Å². The van der Waals surface area contributed by atoms with E-state index >= 15 is 0 Å². The molecule has 56 heavy (non-hydrogen) atoms. The van der Waals surface area contributed by atoms with Gasteiger partial charge < -0.3 is 43.0 Å². The lowest BCUT2D eigenvalue weighted by molar-refractivity contribution is -0.585. The second-order valence-electron chi connectivity index (χ2n) is 16.1. The monoisotopic (exact) mass is 776 g/mol. The van der Waals surface area contributed by atoms with Gasteiger partial charge in [0.1, 0.15) is 23.9 Å². The summed E-state index contributed by atoms with van der Waals surface area (Å²) in [5.41, 5.74) is -7.35. The van der Waals surface area contributed by atoms with Crippen LogP contribution in [0.5, 0.6) is 0 Å². The van der Waals surface area contributed by atoms with Crippen molar-refractivity contribution in [2.24, 2.45) is 23.7 Å². The lowest BCUT2D eigenvalue weighted by atomic mass is 9.51. The number of carbonyl (C=O) groups is 5. The molecule has 6 fully saturated rings. The quantitative estimate of drug-likeness (QED) is 0.228. The van der Waals surface area contributed by atoms with Crippen LogP contribution in [0.25, 0.3) is 0 Å². The molecule has 0 amide bonds. The van der Waals surface area contributed by atoms with Gasteiger partial charge in [-0.15, -0.1) is 0 Å². The second-order valence-corrected chi connectivity index (χ2v) is 16.1. The number of rotatable bonds is 8. The fourth-order valence-electron chi connectivity index (χ4n) is 10.8. The third-order valence-electron chi connectivity index (χ3n) is 12.5. The van der Waals surface area contributed by atoms with Gasteiger partial charge in [0.05, 0.1) is 17.1 Å². The first kappa shape index (κ1) is 39.6.